The van der Waals surface area contributed by atoms with Gasteiger partial charge in [0.25, 0.3) is 0 Å². The van der Waals surface area contributed by atoms with Gasteiger partial charge in [-0.1, -0.05) is 145 Å². The first-order valence-electron chi connectivity index (χ1n) is 18.0. The SMILES string of the molecule is Cc1ccc(C2=N/C(=C(/c3ccccc3)c3c(-c4ccccc4)cc(-c4ccccc4)n3B(OCC(F)(F)C(F)(F)F)OCC(F)(F)C(F)(F)F)c3ccccc32)cc1. The largest absolute Gasteiger partial charge is 0.598 e. The van der Waals surface area contributed by atoms with E-state index < -0.39 is 44.7 Å². The first kappa shape index (κ1) is 41.2. The fourth-order valence-corrected chi connectivity index (χ4v) is 6.62. The normalized spacial score (nSPS) is 14.3. The molecule has 59 heavy (non-hydrogen) atoms. The maximum Gasteiger partial charge on any atom is 0.598 e. The highest BCUT2D eigenvalue weighted by Gasteiger charge is 2.60. The van der Waals surface area contributed by atoms with Crippen molar-refractivity contribution in [1.29, 1.82) is 0 Å². The minimum absolute atomic E-state index is 0.0434. The number of rotatable bonds is 12. The Balaban J connectivity index is 1.61. The van der Waals surface area contributed by atoms with Crippen molar-refractivity contribution >= 4 is 24.2 Å². The van der Waals surface area contributed by atoms with Crippen molar-refractivity contribution in [2.75, 3.05) is 13.2 Å². The van der Waals surface area contributed by atoms with Crippen LogP contribution in [0.1, 0.15) is 33.5 Å². The van der Waals surface area contributed by atoms with Crippen LogP contribution in [0.2, 0.25) is 0 Å². The van der Waals surface area contributed by atoms with E-state index in [-0.39, 0.29) is 33.8 Å². The molecule has 2 heterocycles. The van der Waals surface area contributed by atoms with Crippen LogP contribution in [0.25, 0.3) is 33.7 Å². The van der Waals surface area contributed by atoms with E-state index in [4.69, 9.17) is 14.3 Å². The maximum absolute atomic E-state index is 14.7. The van der Waals surface area contributed by atoms with Gasteiger partial charge in [0.2, 0.25) is 0 Å². The lowest BCUT2D eigenvalue weighted by molar-refractivity contribution is -0.295. The minimum Gasteiger partial charge on any atom is -0.385 e. The van der Waals surface area contributed by atoms with Crippen LogP contribution in [0.4, 0.5) is 43.9 Å². The van der Waals surface area contributed by atoms with Crippen molar-refractivity contribution in [1.82, 2.24) is 4.48 Å². The van der Waals surface area contributed by atoms with Crippen LogP contribution in [0.3, 0.4) is 0 Å². The highest BCUT2D eigenvalue weighted by molar-refractivity contribution is 6.44. The summed E-state index contributed by atoms with van der Waals surface area (Å²) in [6, 6.07) is 40.7. The minimum atomic E-state index is -6.18. The van der Waals surface area contributed by atoms with Crippen molar-refractivity contribution in [2.45, 2.75) is 31.1 Å². The first-order valence-corrected chi connectivity index (χ1v) is 18.0. The van der Waals surface area contributed by atoms with Gasteiger partial charge >= 0.3 is 31.5 Å². The summed E-state index contributed by atoms with van der Waals surface area (Å²) in [5.41, 5.74) is 5.15. The van der Waals surface area contributed by atoms with Gasteiger partial charge in [0.1, 0.15) is 13.2 Å². The van der Waals surface area contributed by atoms with Crippen LogP contribution in [0.5, 0.6) is 0 Å². The zero-order chi connectivity index (χ0) is 42.2. The summed E-state index contributed by atoms with van der Waals surface area (Å²) < 4.78 is 151. The number of aryl methyl sites for hydroxylation is 1. The summed E-state index contributed by atoms with van der Waals surface area (Å²) in [6.07, 6.45) is -12.4. The van der Waals surface area contributed by atoms with E-state index in [0.717, 1.165) is 10.0 Å². The first-order chi connectivity index (χ1) is 28.0. The van der Waals surface area contributed by atoms with Gasteiger partial charge < -0.3 is 13.8 Å². The van der Waals surface area contributed by atoms with E-state index in [1.54, 1.807) is 97.1 Å². The molecule has 0 saturated carbocycles. The van der Waals surface area contributed by atoms with Gasteiger partial charge in [-0.15, -0.1) is 0 Å². The molecular formula is C44H31BF10N2O2. The molecule has 7 rings (SSSR count). The maximum atomic E-state index is 14.7. The van der Waals surface area contributed by atoms with Crippen molar-refractivity contribution in [3.05, 3.63) is 179 Å². The number of aliphatic imine (C=N–C) groups is 1. The Bertz CT molecular complexity index is 2450. The van der Waals surface area contributed by atoms with Crippen molar-refractivity contribution in [3.8, 4) is 22.4 Å². The lowest BCUT2D eigenvalue weighted by atomic mass is 9.90. The van der Waals surface area contributed by atoms with Crippen LogP contribution >= 0.6 is 0 Å². The van der Waals surface area contributed by atoms with Crippen molar-refractivity contribution in [3.63, 3.8) is 0 Å². The fraction of sp³-hybridized carbons (Fsp3) is 0.159. The highest BCUT2D eigenvalue weighted by Crippen LogP contribution is 2.46. The molecule has 0 unspecified atom stereocenters. The van der Waals surface area contributed by atoms with Gasteiger partial charge in [-0.2, -0.15) is 43.9 Å². The molecule has 0 N–H and O–H groups in total. The number of nitrogens with zero attached hydrogens (tertiary/aromatic N) is 2. The van der Waals surface area contributed by atoms with Crippen LogP contribution in [-0.2, 0) is 9.31 Å². The van der Waals surface area contributed by atoms with Crippen LogP contribution in [0.15, 0.2) is 151 Å². The Kier molecular flexibility index (Phi) is 11.2. The molecule has 1 aromatic heterocycles. The number of fused-ring (bicyclic) bond motifs is 1. The zero-order valence-electron chi connectivity index (χ0n) is 30.8. The quantitative estimate of drug-likeness (QED) is 0.0911. The number of hydrogen-bond donors (Lipinski definition) is 0. The smallest absolute Gasteiger partial charge is 0.385 e. The molecular weight excluding hydrogens is 789 g/mol. The molecule has 5 aromatic carbocycles. The van der Waals surface area contributed by atoms with Gasteiger partial charge in [0.15, 0.2) is 0 Å². The summed E-state index contributed by atoms with van der Waals surface area (Å²) in [6.45, 7) is -3.09. The molecule has 0 bridgehead atoms. The van der Waals surface area contributed by atoms with Gasteiger partial charge in [-0.25, -0.2) is 4.99 Å². The second-order valence-electron chi connectivity index (χ2n) is 13.7. The van der Waals surface area contributed by atoms with Crippen LogP contribution < -0.4 is 0 Å². The van der Waals surface area contributed by atoms with Gasteiger partial charge in [0.05, 0.1) is 17.1 Å². The average molecular weight is 821 g/mol. The van der Waals surface area contributed by atoms with E-state index in [1.807, 2.05) is 37.3 Å². The summed E-state index contributed by atoms with van der Waals surface area (Å²) in [5.74, 6) is -11.2. The van der Waals surface area contributed by atoms with Gasteiger partial charge in [-0.05, 0) is 29.7 Å². The van der Waals surface area contributed by atoms with E-state index in [2.05, 4.69) is 0 Å². The fourth-order valence-electron chi connectivity index (χ4n) is 6.62. The number of aromatic nitrogens is 1. The van der Waals surface area contributed by atoms with Crippen molar-refractivity contribution in [2.24, 2.45) is 4.99 Å². The Morgan fingerprint density at radius 3 is 1.54 bits per heavy atom. The molecule has 0 aliphatic carbocycles. The molecule has 6 aromatic rings. The van der Waals surface area contributed by atoms with E-state index in [1.165, 1.54) is 18.2 Å². The number of benzene rings is 5. The average Bonchev–Trinajstić information content (AvgIpc) is 3.78. The molecule has 0 saturated heterocycles. The molecule has 1 aliphatic heterocycles. The predicted molar refractivity (Wildman–Crippen MR) is 206 cm³/mol. The molecule has 15 heteroatoms. The molecule has 4 nitrogen and oxygen atoms in total. The van der Waals surface area contributed by atoms with E-state index in [9.17, 15) is 43.9 Å². The third-order valence-electron chi connectivity index (χ3n) is 9.57. The lowest BCUT2D eigenvalue weighted by Gasteiger charge is -2.27. The lowest BCUT2D eigenvalue weighted by Crippen LogP contribution is -2.48. The Morgan fingerprint density at radius 1 is 0.542 bits per heavy atom. The van der Waals surface area contributed by atoms with Crippen LogP contribution in [-0.4, -0.2) is 54.9 Å². The third kappa shape index (κ3) is 8.35. The monoisotopic (exact) mass is 820 g/mol. The van der Waals surface area contributed by atoms with E-state index in [0.29, 0.717) is 33.5 Å². The third-order valence-corrected chi connectivity index (χ3v) is 9.57. The molecule has 0 radical (unpaired) electrons. The summed E-state index contributed by atoms with van der Waals surface area (Å²) in [4.78, 5) is 5.13. The molecule has 302 valence electrons. The number of alkyl halides is 10. The topological polar surface area (TPSA) is 35.8 Å². The highest BCUT2D eigenvalue weighted by atomic mass is 19.4. The Labute approximate surface area is 332 Å². The second-order valence-corrected chi connectivity index (χ2v) is 13.7. The molecule has 0 atom stereocenters. The van der Waals surface area contributed by atoms with Gasteiger partial charge in [-0.3, -0.25) is 0 Å². The molecule has 0 amide bonds. The summed E-state index contributed by atoms with van der Waals surface area (Å²) >= 11 is 0. The zero-order valence-corrected chi connectivity index (χ0v) is 30.8. The van der Waals surface area contributed by atoms with Crippen molar-refractivity contribution < 1.29 is 53.2 Å². The molecule has 1 aliphatic rings. The summed E-state index contributed by atoms with van der Waals surface area (Å²) in [7, 11) is -2.74. The number of halogens is 10. The second kappa shape index (κ2) is 16.0. The Hall–Kier alpha value is -5.93. The Morgan fingerprint density at radius 2 is 1.02 bits per heavy atom. The van der Waals surface area contributed by atoms with Crippen LogP contribution in [0, 0.1) is 6.92 Å². The van der Waals surface area contributed by atoms with Gasteiger partial charge in [0, 0.05) is 33.5 Å². The standard InChI is InChI=1S/C44H31BF10N2O2/c1-28-21-23-32(24-22-28)38-33-19-11-12-20-34(33)39(56-38)37(31-17-9-4-10-18-31)40-35(29-13-5-2-6-14-29)25-36(30-15-7-3-8-16-30)57(40)45(58-26-41(46,47)43(50,51)52)59-27-42(48,49)44(53,54)55/h2-25H,26-27H2,1H3/b39-37-. The predicted octanol–water partition coefficient (Wildman–Crippen LogP) is 12.2. The number of hydrogen-bond acceptors (Lipinski definition) is 3. The molecule has 0 fully saturated rings. The summed E-state index contributed by atoms with van der Waals surface area (Å²) in [5, 5.41) is 0. The van der Waals surface area contributed by atoms with E-state index >= 15 is 0 Å². The molecule has 0 spiro atoms.